The lowest BCUT2D eigenvalue weighted by Gasteiger charge is -2.26. The molecule has 2 nitrogen and oxygen atoms in total. The molecule has 0 saturated carbocycles. The Morgan fingerprint density at radius 1 is 0.339 bits per heavy atom. The van der Waals surface area contributed by atoms with E-state index in [0.29, 0.717) is 0 Å². The summed E-state index contributed by atoms with van der Waals surface area (Å²) in [6.07, 6.45) is 4.21. The van der Waals surface area contributed by atoms with E-state index in [1.54, 1.807) is 0 Å². The molecule has 0 aliphatic heterocycles. The van der Waals surface area contributed by atoms with Gasteiger partial charge in [0.15, 0.2) is 0 Å². The normalized spacial score (nSPS) is 11.4. The van der Waals surface area contributed by atoms with Crippen LogP contribution in [0.25, 0.3) is 78.1 Å². The van der Waals surface area contributed by atoms with Crippen molar-refractivity contribution in [2.45, 2.75) is 6.92 Å². The van der Waals surface area contributed by atoms with Gasteiger partial charge in [-0.1, -0.05) is 164 Å². The SMILES string of the molecule is C/C=C/c1ccc(N(c2ccccc2)c2ccc(-n3c4ccc(-c5ccc(-c6ccccc6)cc5)cc4c4cc(-c5ccc(-c6ccccc6)cc5)ccc43)cc2)cc1. The van der Waals surface area contributed by atoms with Gasteiger partial charge in [-0.05, 0) is 130 Å². The van der Waals surface area contributed by atoms with Gasteiger partial charge in [-0.3, -0.25) is 0 Å². The maximum atomic E-state index is 2.41. The van der Waals surface area contributed by atoms with Crippen molar-refractivity contribution in [3.63, 3.8) is 0 Å². The van der Waals surface area contributed by atoms with E-state index in [9.17, 15) is 0 Å². The molecule has 280 valence electrons. The molecule has 0 aliphatic rings. The average Bonchev–Trinajstić information content (AvgIpc) is 3.64. The summed E-state index contributed by atoms with van der Waals surface area (Å²) in [6, 6.07) is 81.2. The minimum Gasteiger partial charge on any atom is -0.311 e. The number of para-hydroxylation sites is 1. The molecule has 9 aromatic carbocycles. The fraction of sp³-hybridized carbons (Fsp3) is 0.0175. The van der Waals surface area contributed by atoms with Crippen LogP contribution in [0.5, 0.6) is 0 Å². The van der Waals surface area contributed by atoms with Crippen LogP contribution >= 0.6 is 0 Å². The van der Waals surface area contributed by atoms with E-state index in [4.69, 9.17) is 0 Å². The van der Waals surface area contributed by atoms with Gasteiger partial charge in [-0.15, -0.1) is 0 Å². The Bertz CT molecular complexity index is 2890. The predicted molar refractivity (Wildman–Crippen MR) is 252 cm³/mol. The molecule has 0 saturated heterocycles. The van der Waals surface area contributed by atoms with Gasteiger partial charge in [0.25, 0.3) is 0 Å². The molecule has 1 heterocycles. The quantitative estimate of drug-likeness (QED) is 0.142. The molecule has 0 atom stereocenters. The van der Waals surface area contributed by atoms with Gasteiger partial charge in [0.2, 0.25) is 0 Å². The first-order chi connectivity index (χ1) is 29.2. The number of rotatable bonds is 9. The molecule has 59 heavy (non-hydrogen) atoms. The number of nitrogens with zero attached hydrogens (tertiary/aromatic N) is 2. The highest BCUT2D eigenvalue weighted by Gasteiger charge is 2.17. The second kappa shape index (κ2) is 15.7. The van der Waals surface area contributed by atoms with E-state index in [1.165, 1.54) is 71.9 Å². The summed E-state index contributed by atoms with van der Waals surface area (Å²) in [4.78, 5) is 2.32. The summed E-state index contributed by atoms with van der Waals surface area (Å²) >= 11 is 0. The van der Waals surface area contributed by atoms with Crippen molar-refractivity contribution in [3.05, 3.63) is 236 Å². The second-order valence-corrected chi connectivity index (χ2v) is 15.0. The van der Waals surface area contributed by atoms with E-state index in [2.05, 4.69) is 253 Å². The molecule has 0 unspecified atom stereocenters. The summed E-state index contributed by atoms with van der Waals surface area (Å²) in [5, 5.41) is 2.45. The predicted octanol–water partition coefficient (Wildman–Crippen LogP) is 16.0. The van der Waals surface area contributed by atoms with Gasteiger partial charge in [0.05, 0.1) is 11.0 Å². The monoisotopic (exact) mass is 754 g/mol. The lowest BCUT2D eigenvalue weighted by Crippen LogP contribution is -2.10. The lowest BCUT2D eigenvalue weighted by atomic mass is 9.97. The fourth-order valence-corrected chi connectivity index (χ4v) is 8.33. The van der Waals surface area contributed by atoms with E-state index >= 15 is 0 Å². The van der Waals surface area contributed by atoms with E-state index in [1.807, 2.05) is 0 Å². The Kier molecular flexibility index (Phi) is 9.50. The van der Waals surface area contributed by atoms with Crippen LogP contribution in [-0.2, 0) is 0 Å². The Morgan fingerprint density at radius 3 is 1.14 bits per heavy atom. The highest BCUT2D eigenvalue weighted by atomic mass is 15.1. The van der Waals surface area contributed by atoms with Crippen LogP contribution in [0.1, 0.15) is 12.5 Å². The molecular weight excluding hydrogens is 713 g/mol. The highest BCUT2D eigenvalue weighted by Crippen LogP contribution is 2.40. The number of anilines is 3. The van der Waals surface area contributed by atoms with Crippen molar-refractivity contribution in [2.24, 2.45) is 0 Å². The van der Waals surface area contributed by atoms with Crippen LogP contribution in [0.4, 0.5) is 17.1 Å². The van der Waals surface area contributed by atoms with Gasteiger partial charge in [-0.25, -0.2) is 0 Å². The van der Waals surface area contributed by atoms with E-state index in [-0.39, 0.29) is 0 Å². The van der Waals surface area contributed by atoms with Crippen LogP contribution in [0, 0.1) is 0 Å². The zero-order valence-corrected chi connectivity index (χ0v) is 32.9. The third kappa shape index (κ3) is 7.03. The Labute approximate surface area is 346 Å². The Hall–Kier alpha value is -7.68. The summed E-state index contributed by atoms with van der Waals surface area (Å²) in [5.41, 5.74) is 17.7. The summed E-state index contributed by atoms with van der Waals surface area (Å²) < 4.78 is 2.41. The maximum Gasteiger partial charge on any atom is 0.0541 e. The van der Waals surface area contributed by atoms with Gasteiger partial charge >= 0.3 is 0 Å². The largest absolute Gasteiger partial charge is 0.311 e. The first-order valence-corrected chi connectivity index (χ1v) is 20.3. The zero-order valence-electron chi connectivity index (χ0n) is 32.9. The Morgan fingerprint density at radius 2 is 0.695 bits per heavy atom. The maximum absolute atomic E-state index is 2.41. The number of aromatic nitrogens is 1. The number of fused-ring (bicyclic) bond motifs is 3. The van der Waals surface area contributed by atoms with Crippen LogP contribution in [-0.4, -0.2) is 4.57 Å². The molecule has 0 bridgehead atoms. The third-order valence-electron chi connectivity index (χ3n) is 11.3. The smallest absolute Gasteiger partial charge is 0.0541 e. The van der Waals surface area contributed by atoms with Crippen LogP contribution < -0.4 is 4.90 Å². The third-order valence-corrected chi connectivity index (χ3v) is 11.3. The molecule has 0 aliphatic carbocycles. The standard InChI is InChI=1S/C57H42N2/c1-2-12-41-19-31-51(32-20-41)58(50-17-10-5-11-18-50)52-33-35-53(36-34-52)59-56-37-29-48(46-25-21-44(22-26-46)42-13-6-3-7-14-42)39-54(56)55-40-49(30-38-57(55)59)47-27-23-45(24-28-47)43-15-8-4-9-16-43/h2-40H,1H3/b12-2+. The zero-order chi connectivity index (χ0) is 39.5. The van der Waals surface area contributed by atoms with Crippen LogP contribution in [0.15, 0.2) is 231 Å². The number of hydrogen-bond donors (Lipinski definition) is 0. The minimum absolute atomic E-state index is 1.10. The van der Waals surface area contributed by atoms with E-state index in [0.717, 1.165) is 22.7 Å². The first kappa shape index (κ1) is 35.7. The van der Waals surface area contributed by atoms with Gasteiger partial charge < -0.3 is 9.47 Å². The molecule has 1 aromatic heterocycles. The van der Waals surface area contributed by atoms with Crippen LogP contribution in [0.2, 0.25) is 0 Å². The van der Waals surface area contributed by atoms with Crippen molar-refractivity contribution in [1.29, 1.82) is 0 Å². The van der Waals surface area contributed by atoms with Gasteiger partial charge in [0.1, 0.15) is 0 Å². The molecule has 0 radical (unpaired) electrons. The van der Waals surface area contributed by atoms with Crippen molar-refractivity contribution in [2.75, 3.05) is 4.90 Å². The summed E-state index contributed by atoms with van der Waals surface area (Å²) in [6.45, 7) is 2.05. The Balaban J connectivity index is 1.08. The van der Waals surface area contributed by atoms with Crippen LogP contribution in [0.3, 0.4) is 0 Å². The number of allylic oxidation sites excluding steroid dienone is 1. The van der Waals surface area contributed by atoms with Gasteiger partial charge in [-0.2, -0.15) is 0 Å². The highest BCUT2D eigenvalue weighted by molar-refractivity contribution is 6.11. The second-order valence-electron chi connectivity index (χ2n) is 15.0. The lowest BCUT2D eigenvalue weighted by molar-refractivity contribution is 1.17. The number of benzene rings is 9. The van der Waals surface area contributed by atoms with Gasteiger partial charge in [0, 0.05) is 33.5 Å². The molecule has 10 aromatic rings. The molecule has 0 spiro atoms. The molecule has 0 N–H and O–H groups in total. The fourth-order valence-electron chi connectivity index (χ4n) is 8.33. The molecule has 10 rings (SSSR count). The molecule has 0 fully saturated rings. The average molecular weight is 755 g/mol. The van der Waals surface area contributed by atoms with Crippen molar-refractivity contribution in [3.8, 4) is 50.2 Å². The summed E-state index contributed by atoms with van der Waals surface area (Å²) in [7, 11) is 0. The first-order valence-electron chi connectivity index (χ1n) is 20.3. The number of hydrogen-bond acceptors (Lipinski definition) is 1. The van der Waals surface area contributed by atoms with E-state index < -0.39 is 0 Å². The summed E-state index contributed by atoms with van der Waals surface area (Å²) in [5.74, 6) is 0. The molecule has 0 amide bonds. The van der Waals surface area contributed by atoms with Crippen molar-refractivity contribution >= 4 is 44.9 Å². The minimum atomic E-state index is 1.10. The van der Waals surface area contributed by atoms with Crippen molar-refractivity contribution < 1.29 is 0 Å². The molecule has 2 heteroatoms. The topological polar surface area (TPSA) is 8.17 Å². The van der Waals surface area contributed by atoms with Crippen molar-refractivity contribution in [1.82, 2.24) is 4.57 Å². The molecular formula is C57H42N2.